The smallest absolute Gasteiger partial charge is 0.0705 e. The van der Waals surface area contributed by atoms with Crippen molar-refractivity contribution in [2.45, 2.75) is 6.85 Å². The molecule has 1 nitrogen and oxygen atoms in total. The summed E-state index contributed by atoms with van der Waals surface area (Å²) in [5, 5.41) is 0.928. The number of fused-ring (bicyclic) bond motifs is 1. The van der Waals surface area contributed by atoms with Crippen LogP contribution in [0.5, 0.6) is 0 Å². The van der Waals surface area contributed by atoms with Gasteiger partial charge in [0.25, 0.3) is 0 Å². The van der Waals surface area contributed by atoms with E-state index in [4.69, 9.17) is 4.11 Å². The van der Waals surface area contributed by atoms with Crippen molar-refractivity contribution >= 4 is 26.8 Å². The van der Waals surface area contributed by atoms with Crippen LogP contribution in [0.2, 0.25) is 0 Å². The average Bonchev–Trinajstić information content (AvgIpc) is 2.15. The number of rotatable bonds is 0. The van der Waals surface area contributed by atoms with Crippen LogP contribution >= 0.6 is 15.9 Å². The Bertz CT molecular complexity index is 507. The molecule has 1 aromatic heterocycles. The molecule has 1 aromatic carbocycles. The SMILES string of the molecule is [2H]C([2H])([2H])c1ccc2cc(Br)ccc2n1. The van der Waals surface area contributed by atoms with Crippen molar-refractivity contribution in [1.82, 2.24) is 4.98 Å². The highest BCUT2D eigenvalue weighted by Crippen LogP contribution is 2.18. The summed E-state index contributed by atoms with van der Waals surface area (Å²) in [6, 6.07) is 8.87. The number of hydrogen-bond acceptors (Lipinski definition) is 1. The third-order valence-corrected chi connectivity index (χ3v) is 2.14. The third-order valence-electron chi connectivity index (χ3n) is 1.65. The van der Waals surface area contributed by atoms with Crippen molar-refractivity contribution in [3.8, 4) is 0 Å². The molecule has 0 amide bonds. The van der Waals surface area contributed by atoms with Crippen LogP contribution in [0.15, 0.2) is 34.8 Å². The molecule has 0 saturated heterocycles. The van der Waals surface area contributed by atoms with Gasteiger partial charge < -0.3 is 0 Å². The first-order chi connectivity index (χ1) is 6.97. The molecule has 0 aliphatic rings. The van der Waals surface area contributed by atoms with Gasteiger partial charge in [-0.05, 0) is 31.1 Å². The molecular weight excluding hydrogens is 214 g/mol. The first-order valence-corrected chi connectivity index (χ1v) is 4.33. The Morgan fingerprint density at radius 1 is 1.33 bits per heavy atom. The van der Waals surface area contributed by atoms with Crippen molar-refractivity contribution in [2.24, 2.45) is 0 Å². The number of aromatic nitrogens is 1. The number of halogens is 1. The summed E-state index contributed by atoms with van der Waals surface area (Å²) in [4.78, 5) is 4.10. The summed E-state index contributed by atoms with van der Waals surface area (Å²) >= 11 is 3.35. The maximum atomic E-state index is 7.25. The lowest BCUT2D eigenvalue weighted by molar-refractivity contribution is 1.25. The van der Waals surface area contributed by atoms with Gasteiger partial charge in [0.15, 0.2) is 0 Å². The molecule has 0 aliphatic carbocycles. The van der Waals surface area contributed by atoms with Gasteiger partial charge in [0.2, 0.25) is 0 Å². The molecule has 2 heteroatoms. The molecule has 2 rings (SSSR count). The van der Waals surface area contributed by atoms with E-state index in [1.807, 2.05) is 12.1 Å². The zero-order valence-electron chi connectivity index (χ0n) is 9.21. The Morgan fingerprint density at radius 3 is 3.08 bits per heavy atom. The number of pyridine rings is 1. The Balaban J connectivity index is 2.62. The lowest BCUT2D eigenvalue weighted by Crippen LogP contribution is -1.81. The van der Waals surface area contributed by atoms with Crippen molar-refractivity contribution < 1.29 is 4.11 Å². The van der Waals surface area contributed by atoms with Crippen LogP contribution in [0.3, 0.4) is 0 Å². The van der Waals surface area contributed by atoms with E-state index in [1.165, 1.54) is 0 Å². The summed E-state index contributed by atoms with van der Waals surface area (Å²) in [5.74, 6) is 0. The normalized spacial score (nSPS) is 15.2. The number of aryl methyl sites for hydroxylation is 1. The molecule has 0 unspecified atom stereocenters. The van der Waals surface area contributed by atoms with Gasteiger partial charge in [0.1, 0.15) is 0 Å². The lowest BCUT2D eigenvalue weighted by atomic mass is 10.2. The maximum absolute atomic E-state index is 7.25. The van der Waals surface area contributed by atoms with Gasteiger partial charge >= 0.3 is 0 Å². The predicted molar refractivity (Wildman–Crippen MR) is 54.2 cm³/mol. The van der Waals surface area contributed by atoms with Gasteiger partial charge in [-0.25, -0.2) is 0 Å². The fourth-order valence-electron chi connectivity index (χ4n) is 1.10. The van der Waals surface area contributed by atoms with Gasteiger partial charge in [-0.2, -0.15) is 0 Å². The molecule has 0 aliphatic heterocycles. The van der Waals surface area contributed by atoms with Crippen LogP contribution in [-0.4, -0.2) is 4.98 Å². The summed E-state index contributed by atoms with van der Waals surface area (Å²) in [6.07, 6.45) is 0. The van der Waals surface area contributed by atoms with Crippen LogP contribution in [0, 0.1) is 6.85 Å². The molecule has 1 heterocycles. The summed E-state index contributed by atoms with van der Waals surface area (Å²) in [5.41, 5.74) is 0.837. The highest BCUT2D eigenvalue weighted by atomic mass is 79.9. The van der Waals surface area contributed by atoms with E-state index in [-0.39, 0.29) is 5.69 Å². The second-order valence-electron chi connectivity index (χ2n) is 2.53. The molecule has 60 valence electrons. The summed E-state index contributed by atoms with van der Waals surface area (Å²) in [6.45, 7) is -2.14. The maximum Gasteiger partial charge on any atom is 0.0705 e. The van der Waals surface area contributed by atoms with E-state index in [9.17, 15) is 0 Å². The predicted octanol–water partition coefficient (Wildman–Crippen LogP) is 3.31. The lowest BCUT2D eigenvalue weighted by Gasteiger charge is -1.98. The fourth-order valence-corrected chi connectivity index (χ4v) is 1.48. The van der Waals surface area contributed by atoms with Gasteiger partial charge in [-0.3, -0.25) is 4.98 Å². The molecule has 12 heavy (non-hydrogen) atoms. The standard InChI is InChI=1S/C10H8BrN/c1-7-2-3-8-6-9(11)4-5-10(8)12-7/h2-6H,1H3/i1D3. The first kappa shape index (κ1) is 4.97. The van der Waals surface area contributed by atoms with Gasteiger partial charge in [0, 0.05) is 19.7 Å². The summed E-state index contributed by atoms with van der Waals surface area (Å²) < 4.78 is 22.7. The number of benzene rings is 1. The van der Waals surface area contributed by atoms with Crippen LogP contribution in [-0.2, 0) is 0 Å². The van der Waals surface area contributed by atoms with E-state index in [2.05, 4.69) is 20.9 Å². The fraction of sp³-hybridized carbons (Fsp3) is 0.100. The topological polar surface area (TPSA) is 12.9 Å². The van der Waals surface area contributed by atoms with Gasteiger partial charge in [0.05, 0.1) is 5.52 Å². The van der Waals surface area contributed by atoms with E-state index >= 15 is 0 Å². The highest BCUT2D eigenvalue weighted by Gasteiger charge is 1.94. The number of nitrogens with zero attached hydrogens (tertiary/aromatic N) is 1. The van der Waals surface area contributed by atoms with E-state index in [0.717, 1.165) is 9.86 Å². The van der Waals surface area contributed by atoms with Crippen LogP contribution in [0.1, 0.15) is 9.81 Å². The van der Waals surface area contributed by atoms with E-state index < -0.39 is 6.85 Å². The Kier molecular flexibility index (Phi) is 1.19. The minimum Gasteiger partial charge on any atom is -0.253 e. The molecule has 0 bridgehead atoms. The van der Waals surface area contributed by atoms with Crippen molar-refractivity contribution in [2.75, 3.05) is 0 Å². The second kappa shape index (κ2) is 2.87. The Labute approximate surface area is 83.8 Å². The first-order valence-electron chi connectivity index (χ1n) is 5.03. The van der Waals surface area contributed by atoms with Gasteiger partial charge in [-0.15, -0.1) is 0 Å². The van der Waals surface area contributed by atoms with Crippen LogP contribution in [0.4, 0.5) is 0 Å². The molecule has 0 saturated carbocycles. The van der Waals surface area contributed by atoms with E-state index in [1.54, 1.807) is 18.2 Å². The average molecular weight is 225 g/mol. The number of hydrogen-bond donors (Lipinski definition) is 0. The molecule has 0 radical (unpaired) electrons. The molecule has 0 fully saturated rings. The molecule has 0 spiro atoms. The molecule has 0 atom stereocenters. The zero-order valence-corrected chi connectivity index (χ0v) is 7.80. The third kappa shape index (κ3) is 1.34. The minimum absolute atomic E-state index is 0.136. The van der Waals surface area contributed by atoms with Crippen molar-refractivity contribution in [3.05, 3.63) is 40.5 Å². The monoisotopic (exact) mass is 224 g/mol. The molecular formula is C10H8BrN. The minimum atomic E-state index is -2.14. The molecule has 0 N–H and O–H groups in total. The largest absolute Gasteiger partial charge is 0.253 e. The second-order valence-corrected chi connectivity index (χ2v) is 3.45. The quantitative estimate of drug-likeness (QED) is 0.670. The van der Waals surface area contributed by atoms with Crippen LogP contribution < -0.4 is 0 Å². The Hall–Kier alpha value is -0.890. The molecule has 2 aromatic rings. The highest BCUT2D eigenvalue weighted by molar-refractivity contribution is 9.10. The van der Waals surface area contributed by atoms with E-state index in [0.29, 0.717) is 5.52 Å². The van der Waals surface area contributed by atoms with Crippen molar-refractivity contribution in [1.29, 1.82) is 0 Å². The zero-order chi connectivity index (χ0) is 11.1. The van der Waals surface area contributed by atoms with Gasteiger partial charge in [-0.1, -0.05) is 22.0 Å². The summed E-state index contributed by atoms with van der Waals surface area (Å²) in [7, 11) is 0. The van der Waals surface area contributed by atoms with Crippen molar-refractivity contribution in [3.63, 3.8) is 0 Å². The Morgan fingerprint density at radius 2 is 2.25 bits per heavy atom. The van der Waals surface area contributed by atoms with Crippen LogP contribution in [0.25, 0.3) is 10.9 Å².